The predicted molar refractivity (Wildman–Crippen MR) is 68.6 cm³/mol. The van der Waals surface area contributed by atoms with Crippen molar-refractivity contribution in [2.75, 3.05) is 18.7 Å². The lowest BCUT2D eigenvalue weighted by Gasteiger charge is -2.07. The number of H-pyrrole nitrogens is 1. The maximum atomic E-state index is 11.6. The summed E-state index contributed by atoms with van der Waals surface area (Å²) in [4.78, 5) is 18.3. The van der Waals surface area contributed by atoms with Crippen LogP contribution in [0.5, 0.6) is 11.5 Å². The third-order valence-corrected chi connectivity index (χ3v) is 3.36. The van der Waals surface area contributed by atoms with Gasteiger partial charge in [-0.15, -0.1) is 0 Å². The van der Waals surface area contributed by atoms with E-state index in [9.17, 15) is 4.79 Å². The lowest BCUT2D eigenvalue weighted by Crippen LogP contribution is -2.13. The molecule has 0 amide bonds. The van der Waals surface area contributed by atoms with E-state index in [0.717, 1.165) is 35.5 Å². The zero-order chi connectivity index (χ0) is 12.8. The first-order chi connectivity index (χ1) is 9.31. The van der Waals surface area contributed by atoms with Crippen LogP contribution in [-0.4, -0.2) is 23.3 Å². The molecule has 0 radical (unpaired) electrons. The predicted octanol–water partition coefficient (Wildman–Crippen LogP) is 1.13. The molecule has 2 aromatic rings. The van der Waals surface area contributed by atoms with Crippen molar-refractivity contribution in [3.63, 3.8) is 0 Å². The number of aromatic nitrogens is 2. The number of rotatable bonds is 1. The fourth-order valence-electron chi connectivity index (χ4n) is 2.49. The number of nitrogens with one attached hydrogen (secondary N) is 2. The van der Waals surface area contributed by atoms with Gasteiger partial charge in [-0.1, -0.05) is 0 Å². The van der Waals surface area contributed by atoms with E-state index in [4.69, 9.17) is 9.47 Å². The van der Waals surface area contributed by atoms with E-state index in [1.807, 2.05) is 18.2 Å². The van der Waals surface area contributed by atoms with Crippen LogP contribution < -0.4 is 20.5 Å². The highest BCUT2D eigenvalue weighted by Gasteiger charge is 2.20. The fraction of sp³-hybridized carbons (Fsp3) is 0.231. The van der Waals surface area contributed by atoms with Gasteiger partial charge in [-0.05, 0) is 24.6 Å². The topological polar surface area (TPSA) is 76.2 Å². The second-order valence-electron chi connectivity index (χ2n) is 4.49. The lowest BCUT2D eigenvalue weighted by molar-refractivity contribution is 0.174. The molecule has 0 bridgehead atoms. The normalized spacial score (nSPS) is 15.2. The molecule has 2 aliphatic heterocycles. The van der Waals surface area contributed by atoms with Crippen molar-refractivity contribution >= 4 is 5.82 Å². The summed E-state index contributed by atoms with van der Waals surface area (Å²) in [6, 6.07) is 5.65. The summed E-state index contributed by atoms with van der Waals surface area (Å²) < 4.78 is 10.7. The summed E-state index contributed by atoms with van der Waals surface area (Å²) in [5, 5.41) is 3.12. The van der Waals surface area contributed by atoms with Gasteiger partial charge in [0, 0.05) is 17.7 Å². The van der Waals surface area contributed by atoms with Crippen molar-refractivity contribution in [2.24, 2.45) is 0 Å². The van der Waals surface area contributed by atoms with Crippen LogP contribution in [0.1, 0.15) is 5.56 Å². The first kappa shape index (κ1) is 10.4. The third kappa shape index (κ3) is 1.56. The highest BCUT2D eigenvalue weighted by molar-refractivity contribution is 5.72. The average molecular weight is 257 g/mol. The number of aromatic amines is 1. The number of nitrogens with zero attached hydrogens (tertiary/aromatic N) is 1. The molecule has 0 unspecified atom stereocenters. The molecule has 0 aliphatic carbocycles. The zero-order valence-electron chi connectivity index (χ0n) is 10.0. The van der Waals surface area contributed by atoms with Crippen molar-refractivity contribution in [2.45, 2.75) is 6.42 Å². The zero-order valence-corrected chi connectivity index (χ0v) is 10.0. The van der Waals surface area contributed by atoms with Crippen molar-refractivity contribution < 1.29 is 9.47 Å². The summed E-state index contributed by atoms with van der Waals surface area (Å²) in [6.07, 6.45) is 0.850. The Hall–Kier alpha value is -2.50. The van der Waals surface area contributed by atoms with Crippen LogP contribution in [0, 0.1) is 0 Å². The van der Waals surface area contributed by atoms with Crippen LogP contribution in [0.4, 0.5) is 5.82 Å². The summed E-state index contributed by atoms with van der Waals surface area (Å²) >= 11 is 0. The van der Waals surface area contributed by atoms with Crippen molar-refractivity contribution in [1.29, 1.82) is 0 Å². The number of ether oxygens (including phenoxy) is 2. The van der Waals surface area contributed by atoms with Crippen molar-refractivity contribution in [3.8, 4) is 22.8 Å². The quantitative estimate of drug-likeness (QED) is 0.801. The van der Waals surface area contributed by atoms with Crippen LogP contribution in [0.15, 0.2) is 23.0 Å². The molecule has 2 aliphatic rings. The maximum absolute atomic E-state index is 11.6. The van der Waals surface area contributed by atoms with Crippen LogP contribution in [0.25, 0.3) is 11.3 Å². The van der Waals surface area contributed by atoms with Crippen molar-refractivity contribution in [3.05, 3.63) is 34.2 Å². The van der Waals surface area contributed by atoms with Crippen LogP contribution in [-0.2, 0) is 6.42 Å². The van der Waals surface area contributed by atoms with E-state index in [0.29, 0.717) is 11.6 Å². The van der Waals surface area contributed by atoms with Crippen LogP contribution in [0.2, 0.25) is 0 Å². The molecule has 19 heavy (non-hydrogen) atoms. The van der Waals surface area contributed by atoms with Gasteiger partial charge < -0.3 is 19.8 Å². The minimum atomic E-state index is -0.346. The van der Waals surface area contributed by atoms with Gasteiger partial charge in [-0.25, -0.2) is 4.79 Å². The summed E-state index contributed by atoms with van der Waals surface area (Å²) in [7, 11) is 0. The summed E-state index contributed by atoms with van der Waals surface area (Å²) in [5.74, 6) is 2.11. The van der Waals surface area contributed by atoms with Gasteiger partial charge in [-0.3, -0.25) is 0 Å². The van der Waals surface area contributed by atoms with Gasteiger partial charge >= 0.3 is 5.69 Å². The average Bonchev–Trinajstić information content (AvgIpc) is 3.04. The molecule has 0 saturated carbocycles. The largest absolute Gasteiger partial charge is 0.454 e. The Balaban J connectivity index is 1.91. The smallest absolute Gasteiger partial charge is 0.347 e. The molecule has 6 heteroatoms. The standard InChI is InChI=1S/C13H11N3O3/c17-13-15-11(8-3-4-14-12(8)16-13)7-1-2-9-10(5-7)19-6-18-9/h1-2,5H,3-4,6H2,(H2,14,15,16,17). The van der Waals surface area contributed by atoms with Gasteiger partial charge in [0.05, 0.1) is 5.69 Å². The number of anilines is 1. The maximum Gasteiger partial charge on any atom is 0.347 e. The molecule has 6 nitrogen and oxygen atoms in total. The summed E-state index contributed by atoms with van der Waals surface area (Å²) in [6.45, 7) is 1.04. The molecule has 3 heterocycles. The first-order valence-electron chi connectivity index (χ1n) is 6.08. The Kier molecular flexibility index (Phi) is 2.05. The van der Waals surface area contributed by atoms with E-state index < -0.39 is 0 Å². The molecule has 4 rings (SSSR count). The molecule has 1 aromatic carbocycles. The summed E-state index contributed by atoms with van der Waals surface area (Å²) in [5.41, 5.74) is 2.40. The monoisotopic (exact) mass is 257 g/mol. The fourth-order valence-corrected chi connectivity index (χ4v) is 2.49. The molecule has 0 saturated heterocycles. The molecular weight excluding hydrogens is 246 g/mol. The van der Waals surface area contributed by atoms with Crippen molar-refractivity contribution in [1.82, 2.24) is 9.97 Å². The van der Waals surface area contributed by atoms with E-state index in [1.54, 1.807) is 0 Å². The van der Waals surface area contributed by atoms with Crippen LogP contribution >= 0.6 is 0 Å². The molecule has 96 valence electrons. The molecule has 1 aromatic heterocycles. The van der Waals surface area contributed by atoms with E-state index in [2.05, 4.69) is 15.3 Å². The number of hydrogen-bond acceptors (Lipinski definition) is 5. The Morgan fingerprint density at radius 1 is 1.21 bits per heavy atom. The highest BCUT2D eigenvalue weighted by atomic mass is 16.7. The molecule has 0 spiro atoms. The Bertz CT molecular complexity index is 724. The molecular formula is C13H11N3O3. The third-order valence-electron chi connectivity index (χ3n) is 3.36. The Labute approximate surface area is 108 Å². The second-order valence-corrected chi connectivity index (χ2v) is 4.49. The Morgan fingerprint density at radius 2 is 2.11 bits per heavy atom. The molecule has 2 N–H and O–H groups in total. The second kappa shape index (κ2) is 3.74. The van der Waals surface area contributed by atoms with Gasteiger partial charge in [0.2, 0.25) is 6.79 Å². The van der Waals surface area contributed by atoms with Gasteiger partial charge in [0.15, 0.2) is 11.5 Å². The number of fused-ring (bicyclic) bond motifs is 2. The van der Waals surface area contributed by atoms with E-state index in [1.165, 1.54) is 0 Å². The number of hydrogen-bond donors (Lipinski definition) is 2. The molecule has 0 fully saturated rings. The number of benzene rings is 1. The van der Waals surface area contributed by atoms with Gasteiger partial charge in [0.1, 0.15) is 5.82 Å². The van der Waals surface area contributed by atoms with E-state index in [-0.39, 0.29) is 12.5 Å². The lowest BCUT2D eigenvalue weighted by atomic mass is 10.1. The highest BCUT2D eigenvalue weighted by Crippen LogP contribution is 2.37. The SMILES string of the molecule is O=c1nc2c(c(-c3ccc4c(c3)OCO4)[nH]1)CCN2. The Morgan fingerprint density at radius 3 is 3.05 bits per heavy atom. The minimum Gasteiger partial charge on any atom is -0.454 e. The van der Waals surface area contributed by atoms with Gasteiger partial charge in [0.25, 0.3) is 0 Å². The first-order valence-corrected chi connectivity index (χ1v) is 6.08. The van der Waals surface area contributed by atoms with Crippen LogP contribution in [0.3, 0.4) is 0 Å². The minimum absolute atomic E-state index is 0.241. The molecule has 0 atom stereocenters. The van der Waals surface area contributed by atoms with Gasteiger partial charge in [-0.2, -0.15) is 4.98 Å². The van der Waals surface area contributed by atoms with E-state index >= 15 is 0 Å².